The van der Waals surface area contributed by atoms with Gasteiger partial charge in [0.2, 0.25) is 0 Å². The van der Waals surface area contributed by atoms with Crippen LogP contribution in [0.3, 0.4) is 0 Å². The van der Waals surface area contributed by atoms with E-state index in [1.165, 1.54) is 19.1 Å². The van der Waals surface area contributed by atoms with Crippen LogP contribution in [0.15, 0.2) is 18.2 Å². The molecule has 0 spiro atoms. The van der Waals surface area contributed by atoms with E-state index in [1.54, 1.807) is 0 Å². The van der Waals surface area contributed by atoms with Crippen molar-refractivity contribution in [2.24, 2.45) is 0 Å². The third kappa shape index (κ3) is 2.25. The average molecular weight is 199 g/mol. The molecule has 0 aromatic heterocycles. The van der Waals surface area contributed by atoms with Gasteiger partial charge in [0.1, 0.15) is 0 Å². The lowest BCUT2D eigenvalue weighted by molar-refractivity contribution is -0.138. The zero-order valence-electron chi connectivity index (χ0n) is 7.52. The molecule has 74 valence electrons. The lowest BCUT2D eigenvalue weighted by Crippen LogP contribution is -2.07. The van der Waals surface area contributed by atoms with Crippen LogP contribution in [0, 0.1) is 18.3 Å². The van der Waals surface area contributed by atoms with Crippen molar-refractivity contribution in [2.45, 2.75) is 19.5 Å². The summed E-state index contributed by atoms with van der Waals surface area (Å²) < 4.78 is 36.9. The van der Waals surface area contributed by atoms with Gasteiger partial charge in [0, 0.05) is 0 Å². The van der Waals surface area contributed by atoms with Gasteiger partial charge in [0.15, 0.2) is 0 Å². The number of halogens is 3. The van der Waals surface area contributed by atoms with E-state index in [9.17, 15) is 13.2 Å². The second-order valence-corrected chi connectivity index (χ2v) is 2.98. The van der Waals surface area contributed by atoms with Crippen LogP contribution < -0.4 is 0 Å². The maximum atomic E-state index is 12.3. The number of alkyl halides is 3. The van der Waals surface area contributed by atoms with Crippen LogP contribution in [-0.4, -0.2) is 0 Å². The van der Waals surface area contributed by atoms with Crippen molar-refractivity contribution in [3.63, 3.8) is 0 Å². The predicted molar refractivity (Wildman–Crippen MR) is 45.5 cm³/mol. The third-order valence-electron chi connectivity index (χ3n) is 1.88. The lowest BCUT2D eigenvalue weighted by Gasteiger charge is -2.10. The highest BCUT2D eigenvalue weighted by atomic mass is 19.4. The van der Waals surface area contributed by atoms with Crippen molar-refractivity contribution >= 4 is 0 Å². The number of aryl methyl sites for hydroxylation is 1. The zero-order chi connectivity index (χ0) is 10.8. The molecule has 0 radical (unpaired) electrons. The van der Waals surface area contributed by atoms with Gasteiger partial charge in [-0.2, -0.15) is 18.4 Å². The first-order valence-corrected chi connectivity index (χ1v) is 3.99. The molecule has 0 bridgehead atoms. The first-order valence-electron chi connectivity index (χ1n) is 3.99. The minimum atomic E-state index is -4.31. The smallest absolute Gasteiger partial charge is 0.198 e. The molecular formula is C10H8F3N. The molecule has 0 atom stereocenters. The van der Waals surface area contributed by atoms with Crippen LogP contribution >= 0.6 is 0 Å². The standard InChI is InChI=1S/C10H8F3N/c1-7-6-8(4-5-14)2-3-9(7)10(11,12)13/h2-3,6H,4H2,1H3. The molecule has 0 aliphatic rings. The van der Waals surface area contributed by atoms with Gasteiger partial charge in [-0.3, -0.25) is 0 Å². The Bertz CT molecular complexity index is 374. The fraction of sp³-hybridized carbons (Fsp3) is 0.300. The highest BCUT2D eigenvalue weighted by Crippen LogP contribution is 2.31. The number of nitriles is 1. The first kappa shape index (κ1) is 10.6. The molecule has 4 heteroatoms. The van der Waals surface area contributed by atoms with Gasteiger partial charge in [-0.15, -0.1) is 0 Å². The average Bonchev–Trinajstić information content (AvgIpc) is 2.02. The summed E-state index contributed by atoms with van der Waals surface area (Å²) in [6.45, 7) is 1.39. The van der Waals surface area contributed by atoms with Gasteiger partial charge >= 0.3 is 6.18 Å². The van der Waals surface area contributed by atoms with Crippen molar-refractivity contribution in [3.05, 3.63) is 34.9 Å². The van der Waals surface area contributed by atoms with Gasteiger partial charge in [-0.25, -0.2) is 0 Å². The topological polar surface area (TPSA) is 23.8 Å². The van der Waals surface area contributed by atoms with Crippen molar-refractivity contribution in [1.82, 2.24) is 0 Å². The van der Waals surface area contributed by atoms with Gasteiger partial charge in [-0.1, -0.05) is 12.1 Å². The Labute approximate surface area is 79.8 Å². The largest absolute Gasteiger partial charge is 0.416 e. The second-order valence-electron chi connectivity index (χ2n) is 2.98. The van der Waals surface area contributed by atoms with Crippen LogP contribution in [0.25, 0.3) is 0 Å². The Morgan fingerprint density at radius 2 is 2.00 bits per heavy atom. The minimum Gasteiger partial charge on any atom is -0.198 e. The van der Waals surface area contributed by atoms with Gasteiger partial charge in [-0.05, 0) is 24.1 Å². The van der Waals surface area contributed by atoms with E-state index in [1.807, 2.05) is 6.07 Å². The summed E-state index contributed by atoms with van der Waals surface area (Å²) in [6, 6.07) is 5.63. The predicted octanol–water partition coefficient (Wildman–Crippen LogP) is 3.08. The maximum absolute atomic E-state index is 12.3. The summed E-state index contributed by atoms with van der Waals surface area (Å²) in [7, 11) is 0. The molecular weight excluding hydrogens is 191 g/mol. The van der Waals surface area contributed by atoms with E-state index < -0.39 is 11.7 Å². The molecule has 0 unspecified atom stereocenters. The van der Waals surface area contributed by atoms with Crippen LogP contribution in [0.2, 0.25) is 0 Å². The van der Waals surface area contributed by atoms with Crippen LogP contribution in [0.4, 0.5) is 13.2 Å². The number of benzene rings is 1. The van der Waals surface area contributed by atoms with Crippen LogP contribution in [0.1, 0.15) is 16.7 Å². The summed E-state index contributed by atoms with van der Waals surface area (Å²) in [5, 5.41) is 8.37. The quantitative estimate of drug-likeness (QED) is 0.681. The Morgan fingerprint density at radius 3 is 2.43 bits per heavy atom. The number of rotatable bonds is 1. The molecule has 0 saturated heterocycles. The molecule has 1 nitrogen and oxygen atoms in total. The van der Waals surface area contributed by atoms with Crippen molar-refractivity contribution in [2.75, 3.05) is 0 Å². The molecule has 14 heavy (non-hydrogen) atoms. The van der Waals surface area contributed by atoms with Gasteiger partial charge in [0.25, 0.3) is 0 Å². The normalized spacial score (nSPS) is 11.1. The summed E-state index contributed by atoms with van der Waals surface area (Å²) in [6.07, 6.45) is -4.17. The molecule has 0 amide bonds. The summed E-state index contributed by atoms with van der Waals surface area (Å²) in [5.41, 5.74) is 0.127. The van der Waals surface area contributed by atoms with Crippen molar-refractivity contribution < 1.29 is 13.2 Å². The highest BCUT2D eigenvalue weighted by Gasteiger charge is 2.31. The van der Waals surface area contributed by atoms with E-state index >= 15 is 0 Å². The Kier molecular flexibility index (Phi) is 2.80. The maximum Gasteiger partial charge on any atom is 0.416 e. The highest BCUT2D eigenvalue weighted by molar-refractivity contribution is 5.34. The number of hydrogen-bond acceptors (Lipinski definition) is 1. The summed E-state index contributed by atoms with van der Waals surface area (Å²) in [5.74, 6) is 0. The Balaban J connectivity index is 3.09. The monoisotopic (exact) mass is 199 g/mol. The number of hydrogen-bond donors (Lipinski definition) is 0. The fourth-order valence-electron chi connectivity index (χ4n) is 1.25. The SMILES string of the molecule is Cc1cc(CC#N)ccc1C(F)(F)F. The third-order valence-corrected chi connectivity index (χ3v) is 1.88. The number of nitrogens with zero attached hydrogens (tertiary/aromatic N) is 1. The van der Waals surface area contributed by atoms with Crippen LogP contribution in [0.5, 0.6) is 0 Å². The van der Waals surface area contributed by atoms with Crippen molar-refractivity contribution in [1.29, 1.82) is 5.26 Å². The second kappa shape index (κ2) is 3.70. The minimum absolute atomic E-state index is 0.138. The van der Waals surface area contributed by atoms with Crippen molar-refractivity contribution in [3.8, 4) is 6.07 Å². The lowest BCUT2D eigenvalue weighted by atomic mass is 10.0. The fourth-order valence-corrected chi connectivity index (χ4v) is 1.25. The zero-order valence-corrected chi connectivity index (χ0v) is 7.52. The van der Waals surface area contributed by atoms with Gasteiger partial charge in [0.05, 0.1) is 18.1 Å². The van der Waals surface area contributed by atoms with E-state index in [4.69, 9.17) is 5.26 Å². The van der Waals surface area contributed by atoms with E-state index in [0.29, 0.717) is 5.56 Å². The van der Waals surface area contributed by atoms with E-state index in [2.05, 4.69) is 0 Å². The molecule has 1 aromatic carbocycles. The van der Waals surface area contributed by atoms with E-state index in [-0.39, 0.29) is 12.0 Å². The summed E-state index contributed by atoms with van der Waals surface area (Å²) in [4.78, 5) is 0. The Hall–Kier alpha value is -1.50. The molecule has 0 N–H and O–H groups in total. The molecule has 0 fully saturated rings. The molecule has 0 aliphatic heterocycles. The Morgan fingerprint density at radius 1 is 1.36 bits per heavy atom. The summed E-state index contributed by atoms with van der Waals surface area (Å²) >= 11 is 0. The molecule has 0 aliphatic carbocycles. The molecule has 0 saturated carbocycles. The molecule has 0 heterocycles. The first-order chi connectivity index (χ1) is 6.45. The molecule has 1 aromatic rings. The van der Waals surface area contributed by atoms with Gasteiger partial charge < -0.3 is 0 Å². The van der Waals surface area contributed by atoms with Crippen LogP contribution in [-0.2, 0) is 12.6 Å². The van der Waals surface area contributed by atoms with E-state index in [0.717, 1.165) is 6.07 Å². The molecule has 1 rings (SSSR count).